The standard InChI is InChI=1S/C11H12F2N2O2/c12-9-3-1-2-8(10(9)13)11(16)14-15-4-6-17-7-5-15/h1-3H,4-7H2,(H,14,16). The normalized spacial score (nSPS) is 16.8. The molecular formula is C11H12F2N2O2. The third-order valence-corrected chi connectivity index (χ3v) is 2.47. The first-order valence-corrected chi connectivity index (χ1v) is 5.26. The van der Waals surface area contributed by atoms with Crippen molar-refractivity contribution < 1.29 is 18.3 Å². The molecule has 1 aromatic carbocycles. The van der Waals surface area contributed by atoms with Crippen molar-refractivity contribution in [3.05, 3.63) is 35.4 Å². The predicted octanol–water partition coefficient (Wildman–Crippen LogP) is 0.942. The Balaban J connectivity index is 2.06. The Bertz CT molecular complexity index is 420. The van der Waals surface area contributed by atoms with E-state index in [1.165, 1.54) is 12.1 Å². The molecule has 1 aromatic rings. The van der Waals surface area contributed by atoms with Crippen LogP contribution >= 0.6 is 0 Å². The molecule has 0 unspecified atom stereocenters. The van der Waals surface area contributed by atoms with Gasteiger partial charge in [0, 0.05) is 13.1 Å². The number of morpholine rings is 1. The Morgan fingerprint density at radius 2 is 2.00 bits per heavy atom. The van der Waals surface area contributed by atoms with Gasteiger partial charge in [-0.2, -0.15) is 0 Å². The highest BCUT2D eigenvalue weighted by atomic mass is 19.2. The summed E-state index contributed by atoms with van der Waals surface area (Å²) < 4.78 is 31.4. The van der Waals surface area contributed by atoms with Crippen LogP contribution in [0.5, 0.6) is 0 Å². The lowest BCUT2D eigenvalue weighted by molar-refractivity contribution is 0.0125. The van der Waals surface area contributed by atoms with Gasteiger partial charge in [0.1, 0.15) is 0 Å². The van der Waals surface area contributed by atoms with Gasteiger partial charge in [0.25, 0.3) is 5.91 Å². The zero-order valence-corrected chi connectivity index (χ0v) is 9.08. The second kappa shape index (κ2) is 5.20. The molecule has 1 saturated heterocycles. The first-order chi connectivity index (χ1) is 8.18. The number of hydrogen-bond acceptors (Lipinski definition) is 3. The summed E-state index contributed by atoms with van der Waals surface area (Å²) in [5.74, 6) is -2.80. The SMILES string of the molecule is O=C(NN1CCOCC1)c1cccc(F)c1F. The highest BCUT2D eigenvalue weighted by molar-refractivity contribution is 5.94. The number of carbonyl (C=O) groups is 1. The van der Waals surface area contributed by atoms with Gasteiger partial charge < -0.3 is 4.74 Å². The van der Waals surface area contributed by atoms with Gasteiger partial charge in [-0.15, -0.1) is 0 Å². The first kappa shape index (κ1) is 11.9. The monoisotopic (exact) mass is 242 g/mol. The average Bonchev–Trinajstić information content (AvgIpc) is 2.34. The van der Waals surface area contributed by atoms with Gasteiger partial charge in [0.05, 0.1) is 18.8 Å². The molecule has 0 saturated carbocycles. The van der Waals surface area contributed by atoms with Gasteiger partial charge in [-0.3, -0.25) is 10.2 Å². The van der Waals surface area contributed by atoms with E-state index < -0.39 is 17.5 Å². The van der Waals surface area contributed by atoms with Crippen LogP contribution in [-0.2, 0) is 4.74 Å². The van der Waals surface area contributed by atoms with E-state index in [-0.39, 0.29) is 5.56 Å². The Morgan fingerprint density at radius 1 is 1.29 bits per heavy atom. The Kier molecular flexibility index (Phi) is 3.65. The van der Waals surface area contributed by atoms with Crippen LogP contribution in [0.4, 0.5) is 8.78 Å². The van der Waals surface area contributed by atoms with Gasteiger partial charge >= 0.3 is 0 Å². The van der Waals surface area contributed by atoms with E-state index in [1.807, 2.05) is 0 Å². The maximum Gasteiger partial charge on any atom is 0.268 e. The smallest absolute Gasteiger partial charge is 0.268 e. The minimum atomic E-state index is -1.13. The van der Waals surface area contributed by atoms with Crippen LogP contribution < -0.4 is 5.43 Å². The quantitative estimate of drug-likeness (QED) is 0.839. The van der Waals surface area contributed by atoms with E-state index in [4.69, 9.17) is 4.74 Å². The summed E-state index contributed by atoms with van der Waals surface area (Å²) in [6.45, 7) is 2.07. The molecule has 0 bridgehead atoms. The minimum Gasteiger partial charge on any atom is -0.379 e. The number of amides is 1. The van der Waals surface area contributed by atoms with Crippen LogP contribution in [0.3, 0.4) is 0 Å². The molecule has 17 heavy (non-hydrogen) atoms. The van der Waals surface area contributed by atoms with Gasteiger partial charge in [-0.25, -0.2) is 13.8 Å². The molecule has 1 fully saturated rings. The molecule has 0 radical (unpaired) electrons. The average molecular weight is 242 g/mol. The van der Waals surface area contributed by atoms with E-state index in [0.29, 0.717) is 26.3 Å². The topological polar surface area (TPSA) is 41.6 Å². The third-order valence-electron chi connectivity index (χ3n) is 2.47. The lowest BCUT2D eigenvalue weighted by Gasteiger charge is -2.26. The number of hydrazine groups is 1. The van der Waals surface area contributed by atoms with Crippen LogP contribution in [-0.4, -0.2) is 37.2 Å². The fourth-order valence-electron chi connectivity index (χ4n) is 1.56. The minimum absolute atomic E-state index is 0.295. The van der Waals surface area contributed by atoms with Gasteiger partial charge in [0.2, 0.25) is 0 Å². The zero-order chi connectivity index (χ0) is 12.3. The zero-order valence-electron chi connectivity index (χ0n) is 9.08. The Labute approximate surface area is 97.1 Å². The maximum absolute atomic E-state index is 13.3. The Morgan fingerprint density at radius 3 is 2.71 bits per heavy atom. The lowest BCUT2D eigenvalue weighted by Crippen LogP contribution is -2.48. The number of carbonyl (C=O) groups excluding carboxylic acids is 1. The fraction of sp³-hybridized carbons (Fsp3) is 0.364. The number of rotatable bonds is 2. The molecule has 1 N–H and O–H groups in total. The van der Waals surface area contributed by atoms with Crippen LogP contribution in [0.25, 0.3) is 0 Å². The van der Waals surface area contributed by atoms with Crippen molar-refractivity contribution in [2.24, 2.45) is 0 Å². The van der Waals surface area contributed by atoms with Crippen molar-refractivity contribution in [1.29, 1.82) is 0 Å². The van der Waals surface area contributed by atoms with Gasteiger partial charge in [-0.1, -0.05) is 6.07 Å². The molecule has 1 aliphatic rings. The van der Waals surface area contributed by atoms with Crippen LogP contribution in [0.15, 0.2) is 18.2 Å². The summed E-state index contributed by atoms with van der Waals surface area (Å²) in [6.07, 6.45) is 0. The molecule has 4 nitrogen and oxygen atoms in total. The van der Waals surface area contributed by atoms with Crippen molar-refractivity contribution in [2.45, 2.75) is 0 Å². The number of nitrogens with one attached hydrogen (secondary N) is 1. The lowest BCUT2D eigenvalue weighted by atomic mass is 10.2. The van der Waals surface area contributed by atoms with Crippen molar-refractivity contribution in [1.82, 2.24) is 10.4 Å². The number of hydrogen-bond donors (Lipinski definition) is 1. The third kappa shape index (κ3) is 2.78. The molecule has 6 heteroatoms. The molecule has 1 heterocycles. The van der Waals surface area contributed by atoms with E-state index in [0.717, 1.165) is 6.07 Å². The van der Waals surface area contributed by atoms with Crippen LogP contribution in [0.2, 0.25) is 0 Å². The second-order valence-corrected chi connectivity index (χ2v) is 3.64. The summed E-state index contributed by atoms with van der Waals surface area (Å²) in [4.78, 5) is 11.7. The molecule has 2 rings (SSSR count). The summed E-state index contributed by atoms with van der Waals surface area (Å²) in [6, 6.07) is 3.52. The molecule has 0 spiro atoms. The first-order valence-electron chi connectivity index (χ1n) is 5.26. The second-order valence-electron chi connectivity index (χ2n) is 3.64. The highest BCUT2D eigenvalue weighted by Gasteiger charge is 2.18. The molecule has 1 amide bonds. The molecular weight excluding hydrogens is 230 g/mol. The number of benzene rings is 1. The molecule has 0 atom stereocenters. The van der Waals surface area contributed by atoms with Crippen molar-refractivity contribution >= 4 is 5.91 Å². The number of ether oxygens (including phenoxy) is 1. The largest absolute Gasteiger partial charge is 0.379 e. The van der Waals surface area contributed by atoms with Crippen molar-refractivity contribution in [2.75, 3.05) is 26.3 Å². The fourth-order valence-corrected chi connectivity index (χ4v) is 1.56. The number of nitrogens with zero attached hydrogens (tertiary/aromatic N) is 1. The summed E-state index contributed by atoms with van der Waals surface area (Å²) in [7, 11) is 0. The Hall–Kier alpha value is -1.53. The van der Waals surface area contributed by atoms with Crippen LogP contribution in [0, 0.1) is 11.6 Å². The molecule has 0 aromatic heterocycles. The molecule has 0 aliphatic carbocycles. The summed E-state index contributed by atoms with van der Waals surface area (Å²) in [5, 5.41) is 1.62. The number of halogens is 2. The molecule has 92 valence electrons. The van der Waals surface area contributed by atoms with Crippen LogP contribution in [0.1, 0.15) is 10.4 Å². The van der Waals surface area contributed by atoms with E-state index in [2.05, 4.69) is 5.43 Å². The highest BCUT2D eigenvalue weighted by Crippen LogP contribution is 2.11. The van der Waals surface area contributed by atoms with Crippen molar-refractivity contribution in [3.8, 4) is 0 Å². The van der Waals surface area contributed by atoms with Crippen molar-refractivity contribution in [3.63, 3.8) is 0 Å². The predicted molar refractivity (Wildman–Crippen MR) is 56.2 cm³/mol. The summed E-state index contributed by atoms with van der Waals surface area (Å²) >= 11 is 0. The maximum atomic E-state index is 13.3. The van der Waals surface area contributed by atoms with E-state index >= 15 is 0 Å². The molecule has 1 aliphatic heterocycles. The van der Waals surface area contributed by atoms with Gasteiger partial charge in [-0.05, 0) is 12.1 Å². The summed E-state index contributed by atoms with van der Waals surface area (Å²) in [5.41, 5.74) is 2.22. The van der Waals surface area contributed by atoms with Gasteiger partial charge in [0.15, 0.2) is 11.6 Å². The van der Waals surface area contributed by atoms with E-state index in [1.54, 1.807) is 5.01 Å². The van der Waals surface area contributed by atoms with E-state index in [9.17, 15) is 13.6 Å².